The van der Waals surface area contributed by atoms with Crippen LogP contribution in [0.2, 0.25) is 0 Å². The minimum absolute atomic E-state index is 0.195. The number of aromatic nitrogens is 2. The van der Waals surface area contributed by atoms with Crippen molar-refractivity contribution < 1.29 is 4.39 Å². The maximum atomic E-state index is 12.9. The number of imidazole rings is 1. The summed E-state index contributed by atoms with van der Waals surface area (Å²) >= 11 is 0. The second-order valence-electron chi connectivity index (χ2n) is 3.43. The molecular formula is C10H9FN2. The number of aryl methyl sites for hydroxylation is 2. The third-order valence-electron chi connectivity index (χ3n) is 2.59. The highest BCUT2D eigenvalue weighted by atomic mass is 19.1. The molecule has 1 aliphatic carbocycles. The smallest absolute Gasteiger partial charge is 0.139 e. The highest BCUT2D eigenvalue weighted by Gasteiger charge is 2.17. The molecule has 2 aromatic rings. The molecule has 0 unspecified atom stereocenters. The highest BCUT2D eigenvalue weighted by molar-refractivity contribution is 5.44. The van der Waals surface area contributed by atoms with Gasteiger partial charge in [0.1, 0.15) is 11.5 Å². The minimum atomic E-state index is -0.195. The van der Waals surface area contributed by atoms with Crippen molar-refractivity contribution in [3.05, 3.63) is 35.5 Å². The van der Waals surface area contributed by atoms with Crippen LogP contribution in [0.25, 0.3) is 5.65 Å². The Kier molecular flexibility index (Phi) is 1.26. The molecule has 2 nitrogen and oxygen atoms in total. The summed E-state index contributed by atoms with van der Waals surface area (Å²) in [4.78, 5) is 4.43. The average Bonchev–Trinajstić information content (AvgIpc) is 2.64. The molecule has 0 atom stereocenters. The first kappa shape index (κ1) is 7.06. The normalized spacial score (nSPS) is 15.2. The average molecular weight is 176 g/mol. The Hall–Kier alpha value is -1.38. The van der Waals surface area contributed by atoms with E-state index in [9.17, 15) is 4.39 Å². The van der Waals surface area contributed by atoms with Gasteiger partial charge in [-0.25, -0.2) is 9.37 Å². The molecule has 0 spiro atoms. The molecule has 0 saturated heterocycles. The van der Waals surface area contributed by atoms with Gasteiger partial charge in [-0.15, -0.1) is 0 Å². The fourth-order valence-electron chi connectivity index (χ4n) is 2.00. The molecule has 0 N–H and O–H groups in total. The van der Waals surface area contributed by atoms with Gasteiger partial charge in [0.25, 0.3) is 0 Å². The van der Waals surface area contributed by atoms with Gasteiger partial charge in [-0.2, -0.15) is 0 Å². The minimum Gasteiger partial charge on any atom is -0.301 e. The number of halogens is 1. The summed E-state index contributed by atoms with van der Waals surface area (Å²) in [5, 5.41) is 0. The molecule has 0 fully saturated rings. The summed E-state index contributed by atoms with van der Waals surface area (Å²) in [6, 6.07) is 3.19. The Morgan fingerprint density at radius 2 is 2.23 bits per heavy atom. The fourth-order valence-corrected chi connectivity index (χ4v) is 2.00. The van der Waals surface area contributed by atoms with Crippen LogP contribution in [0.1, 0.15) is 17.8 Å². The van der Waals surface area contributed by atoms with Gasteiger partial charge in [-0.3, -0.25) is 0 Å². The molecule has 0 saturated carbocycles. The van der Waals surface area contributed by atoms with Crippen molar-refractivity contribution >= 4 is 5.65 Å². The molecule has 0 radical (unpaired) electrons. The largest absolute Gasteiger partial charge is 0.301 e. The lowest BCUT2D eigenvalue weighted by Crippen LogP contribution is -1.91. The van der Waals surface area contributed by atoms with Crippen molar-refractivity contribution in [3.63, 3.8) is 0 Å². The molecule has 1 aliphatic rings. The van der Waals surface area contributed by atoms with Gasteiger partial charge in [0.15, 0.2) is 0 Å². The van der Waals surface area contributed by atoms with Gasteiger partial charge in [0, 0.05) is 11.9 Å². The predicted octanol–water partition coefficient (Wildman–Crippen LogP) is 1.96. The molecule has 66 valence electrons. The Morgan fingerprint density at radius 3 is 3.15 bits per heavy atom. The highest BCUT2D eigenvalue weighted by Crippen LogP contribution is 2.22. The Morgan fingerprint density at radius 1 is 1.31 bits per heavy atom. The molecule has 0 aromatic carbocycles. The van der Waals surface area contributed by atoms with Gasteiger partial charge >= 0.3 is 0 Å². The van der Waals surface area contributed by atoms with Crippen LogP contribution in [-0.4, -0.2) is 9.38 Å². The number of hydrogen-bond donors (Lipinski definition) is 0. The number of hydrogen-bond acceptors (Lipinski definition) is 1. The number of fused-ring (bicyclic) bond motifs is 3. The van der Waals surface area contributed by atoms with E-state index in [2.05, 4.69) is 4.98 Å². The van der Waals surface area contributed by atoms with E-state index in [1.165, 1.54) is 18.0 Å². The number of pyridine rings is 1. The van der Waals surface area contributed by atoms with E-state index in [1.54, 1.807) is 6.07 Å². The Bertz CT molecular complexity index is 473. The van der Waals surface area contributed by atoms with Crippen LogP contribution >= 0.6 is 0 Å². The molecule has 2 aromatic heterocycles. The van der Waals surface area contributed by atoms with Gasteiger partial charge in [0.05, 0.1) is 5.69 Å². The Labute approximate surface area is 75.0 Å². The molecule has 0 amide bonds. The molecule has 3 rings (SSSR count). The number of nitrogens with zero attached hydrogens (tertiary/aromatic N) is 2. The van der Waals surface area contributed by atoms with Gasteiger partial charge in [0.2, 0.25) is 0 Å². The SMILES string of the molecule is Fc1ccc2nc3c(n2c1)CCC3. The summed E-state index contributed by atoms with van der Waals surface area (Å²) in [7, 11) is 0. The second kappa shape index (κ2) is 2.31. The standard InChI is InChI=1S/C10H9FN2/c11-7-4-5-10-12-8-2-1-3-9(8)13(10)6-7/h4-6H,1-3H2. The molecule has 2 heterocycles. The first-order valence-corrected chi connectivity index (χ1v) is 4.50. The van der Waals surface area contributed by atoms with Crippen LogP contribution in [0.5, 0.6) is 0 Å². The molecular weight excluding hydrogens is 167 g/mol. The summed E-state index contributed by atoms with van der Waals surface area (Å²) in [5.41, 5.74) is 3.20. The zero-order chi connectivity index (χ0) is 8.84. The lowest BCUT2D eigenvalue weighted by molar-refractivity contribution is 0.617. The summed E-state index contributed by atoms with van der Waals surface area (Å²) < 4.78 is 14.8. The van der Waals surface area contributed by atoms with E-state index >= 15 is 0 Å². The maximum Gasteiger partial charge on any atom is 0.139 e. The van der Waals surface area contributed by atoms with Crippen molar-refractivity contribution in [1.82, 2.24) is 9.38 Å². The van der Waals surface area contributed by atoms with Crippen molar-refractivity contribution in [2.75, 3.05) is 0 Å². The van der Waals surface area contributed by atoms with Crippen LogP contribution in [0.4, 0.5) is 4.39 Å². The van der Waals surface area contributed by atoms with E-state index in [1.807, 2.05) is 4.40 Å². The fraction of sp³-hybridized carbons (Fsp3) is 0.300. The predicted molar refractivity (Wildman–Crippen MR) is 47.2 cm³/mol. The first-order valence-electron chi connectivity index (χ1n) is 4.50. The lowest BCUT2D eigenvalue weighted by Gasteiger charge is -1.96. The van der Waals surface area contributed by atoms with Crippen molar-refractivity contribution in [1.29, 1.82) is 0 Å². The summed E-state index contributed by atoms with van der Waals surface area (Å²) in [6.45, 7) is 0. The topological polar surface area (TPSA) is 17.3 Å². The van der Waals surface area contributed by atoms with E-state index in [-0.39, 0.29) is 5.82 Å². The van der Waals surface area contributed by atoms with Gasteiger partial charge < -0.3 is 4.40 Å². The van der Waals surface area contributed by atoms with Gasteiger partial charge in [-0.1, -0.05) is 0 Å². The van der Waals surface area contributed by atoms with Crippen molar-refractivity contribution in [2.45, 2.75) is 19.3 Å². The van der Waals surface area contributed by atoms with Crippen LogP contribution < -0.4 is 0 Å². The zero-order valence-corrected chi connectivity index (χ0v) is 7.13. The third-order valence-corrected chi connectivity index (χ3v) is 2.59. The van der Waals surface area contributed by atoms with Gasteiger partial charge in [-0.05, 0) is 31.4 Å². The zero-order valence-electron chi connectivity index (χ0n) is 7.13. The van der Waals surface area contributed by atoms with Crippen LogP contribution in [0.3, 0.4) is 0 Å². The summed E-state index contributed by atoms with van der Waals surface area (Å²) in [6.07, 6.45) is 4.74. The van der Waals surface area contributed by atoms with E-state index in [0.29, 0.717) is 0 Å². The lowest BCUT2D eigenvalue weighted by atomic mass is 10.3. The molecule has 13 heavy (non-hydrogen) atoms. The second-order valence-corrected chi connectivity index (χ2v) is 3.43. The quantitative estimate of drug-likeness (QED) is 0.599. The number of rotatable bonds is 0. The van der Waals surface area contributed by atoms with E-state index in [4.69, 9.17) is 0 Å². The van der Waals surface area contributed by atoms with Crippen LogP contribution in [-0.2, 0) is 12.8 Å². The molecule has 0 bridgehead atoms. The van der Waals surface area contributed by atoms with Crippen molar-refractivity contribution in [3.8, 4) is 0 Å². The van der Waals surface area contributed by atoms with Crippen molar-refractivity contribution in [2.24, 2.45) is 0 Å². The van der Waals surface area contributed by atoms with Crippen LogP contribution in [0, 0.1) is 5.82 Å². The summed E-state index contributed by atoms with van der Waals surface area (Å²) in [5.74, 6) is -0.195. The maximum absolute atomic E-state index is 12.9. The monoisotopic (exact) mass is 176 g/mol. The first-order chi connectivity index (χ1) is 6.34. The van der Waals surface area contributed by atoms with E-state index < -0.39 is 0 Å². The van der Waals surface area contributed by atoms with E-state index in [0.717, 1.165) is 30.6 Å². The third kappa shape index (κ3) is 0.899. The van der Waals surface area contributed by atoms with Crippen LogP contribution in [0.15, 0.2) is 18.3 Å². The molecule has 0 aliphatic heterocycles. The Balaban J connectivity index is 2.40. The molecule has 3 heteroatoms.